The molecule has 31 heavy (non-hydrogen) atoms. The summed E-state index contributed by atoms with van der Waals surface area (Å²) in [7, 11) is 3.02. The van der Waals surface area contributed by atoms with Gasteiger partial charge in [0.2, 0.25) is 11.7 Å². The third kappa shape index (κ3) is 4.78. The van der Waals surface area contributed by atoms with Gasteiger partial charge in [-0.15, -0.1) is 0 Å². The van der Waals surface area contributed by atoms with Crippen LogP contribution < -0.4 is 14.8 Å². The van der Waals surface area contributed by atoms with Crippen molar-refractivity contribution in [3.63, 3.8) is 0 Å². The molecule has 7 nitrogen and oxygen atoms in total. The lowest BCUT2D eigenvalue weighted by Gasteiger charge is -2.36. The third-order valence-corrected chi connectivity index (χ3v) is 6.10. The summed E-state index contributed by atoms with van der Waals surface area (Å²) in [5.74, 6) is 0.698. The molecule has 4 rings (SSSR count). The minimum absolute atomic E-state index is 0.0164. The van der Waals surface area contributed by atoms with Crippen molar-refractivity contribution in [2.45, 2.75) is 44.5 Å². The molecule has 2 aliphatic heterocycles. The number of phenolic OH excluding ortho intramolecular Hbond substituents is 1. The van der Waals surface area contributed by atoms with Gasteiger partial charge in [-0.1, -0.05) is 24.3 Å². The van der Waals surface area contributed by atoms with Gasteiger partial charge >= 0.3 is 0 Å². The predicted molar refractivity (Wildman–Crippen MR) is 116 cm³/mol. The number of nitrogens with zero attached hydrogens (tertiary/aromatic N) is 1. The molecular formula is C24H30N2O5. The quantitative estimate of drug-likeness (QED) is 0.709. The summed E-state index contributed by atoms with van der Waals surface area (Å²) in [6.45, 7) is 2.51. The van der Waals surface area contributed by atoms with Crippen molar-refractivity contribution in [3.8, 4) is 17.2 Å². The molecule has 0 bridgehead atoms. The number of hydrogen-bond donors (Lipinski definition) is 2. The Morgan fingerprint density at radius 2 is 1.90 bits per heavy atom. The molecule has 0 radical (unpaired) electrons. The van der Waals surface area contributed by atoms with Crippen molar-refractivity contribution in [3.05, 3.63) is 53.1 Å². The zero-order valence-corrected chi connectivity index (χ0v) is 18.1. The molecule has 2 aromatic carbocycles. The first-order valence-corrected chi connectivity index (χ1v) is 10.7. The number of carbonyl (C=O) groups is 1. The van der Waals surface area contributed by atoms with E-state index in [1.165, 1.54) is 25.3 Å². The minimum atomic E-state index is -0.290. The lowest BCUT2D eigenvalue weighted by Crippen LogP contribution is -2.51. The number of phenols is 1. The first-order chi connectivity index (χ1) is 15.1. The molecular weight excluding hydrogens is 396 g/mol. The Morgan fingerprint density at radius 3 is 2.55 bits per heavy atom. The van der Waals surface area contributed by atoms with E-state index in [4.69, 9.17) is 14.2 Å². The van der Waals surface area contributed by atoms with E-state index in [0.717, 1.165) is 25.0 Å². The second-order valence-corrected chi connectivity index (χ2v) is 8.12. The van der Waals surface area contributed by atoms with Gasteiger partial charge in [0.05, 0.1) is 26.4 Å². The second kappa shape index (κ2) is 9.58. The lowest BCUT2D eigenvalue weighted by molar-refractivity contribution is -0.127. The van der Waals surface area contributed by atoms with E-state index >= 15 is 0 Å². The number of hydrogen-bond acceptors (Lipinski definition) is 6. The monoisotopic (exact) mass is 426 g/mol. The van der Waals surface area contributed by atoms with Crippen molar-refractivity contribution in [2.75, 3.05) is 27.4 Å². The van der Waals surface area contributed by atoms with Crippen molar-refractivity contribution in [2.24, 2.45) is 0 Å². The molecule has 2 unspecified atom stereocenters. The highest BCUT2D eigenvalue weighted by Gasteiger charge is 2.32. The number of carbonyl (C=O) groups excluding carboxylic acids is 1. The van der Waals surface area contributed by atoms with Gasteiger partial charge in [0, 0.05) is 26.2 Å². The van der Waals surface area contributed by atoms with Crippen LogP contribution in [-0.2, 0) is 29.0 Å². The Kier molecular flexibility index (Phi) is 6.63. The van der Waals surface area contributed by atoms with Crippen LogP contribution >= 0.6 is 0 Å². The number of ether oxygens (including phenoxy) is 3. The number of methoxy groups -OCH3 is 2. The van der Waals surface area contributed by atoms with Gasteiger partial charge in [-0.2, -0.15) is 0 Å². The Bertz CT molecular complexity index is 901. The first-order valence-electron chi connectivity index (χ1n) is 10.7. The molecule has 0 aliphatic carbocycles. The summed E-state index contributed by atoms with van der Waals surface area (Å²) in [4.78, 5) is 15.3. The molecule has 2 heterocycles. The first kappa shape index (κ1) is 21.5. The fourth-order valence-electron chi connectivity index (χ4n) is 4.41. The average Bonchev–Trinajstić information content (AvgIpc) is 3.31. The normalized spacial score (nSPS) is 20.8. The highest BCUT2D eigenvalue weighted by Crippen LogP contribution is 2.38. The number of benzene rings is 2. The van der Waals surface area contributed by atoms with Crippen molar-refractivity contribution in [1.29, 1.82) is 0 Å². The smallest absolute Gasteiger partial charge is 0.237 e. The number of amides is 1. The summed E-state index contributed by atoms with van der Waals surface area (Å²) < 4.78 is 16.3. The molecule has 166 valence electrons. The van der Waals surface area contributed by atoms with Crippen LogP contribution in [0.3, 0.4) is 0 Å². The Morgan fingerprint density at radius 1 is 1.19 bits per heavy atom. The van der Waals surface area contributed by atoms with Crippen molar-refractivity contribution < 1.29 is 24.1 Å². The number of aromatic hydroxyl groups is 1. The Balaban J connectivity index is 1.56. The minimum Gasteiger partial charge on any atom is -0.502 e. The molecule has 0 saturated carbocycles. The average molecular weight is 427 g/mol. The highest BCUT2D eigenvalue weighted by atomic mass is 16.5. The van der Waals surface area contributed by atoms with Crippen LogP contribution in [0.1, 0.15) is 29.5 Å². The van der Waals surface area contributed by atoms with Crippen LogP contribution in [0.2, 0.25) is 0 Å². The molecule has 2 aliphatic rings. The van der Waals surface area contributed by atoms with Gasteiger partial charge in [-0.05, 0) is 48.1 Å². The van der Waals surface area contributed by atoms with Crippen LogP contribution in [-0.4, -0.2) is 55.4 Å². The Labute approximate surface area is 182 Å². The van der Waals surface area contributed by atoms with E-state index in [2.05, 4.69) is 22.3 Å². The number of rotatable bonds is 7. The second-order valence-electron chi connectivity index (χ2n) is 8.12. The van der Waals surface area contributed by atoms with Crippen LogP contribution in [0.25, 0.3) is 0 Å². The van der Waals surface area contributed by atoms with Crippen LogP contribution in [0.4, 0.5) is 0 Å². The SMILES string of the molecule is COc1cc(CN2Cc3ccccc3CC2C(=O)NCC2CCCO2)cc(OC)c1O. The van der Waals surface area contributed by atoms with Crippen molar-refractivity contribution >= 4 is 5.91 Å². The fraction of sp³-hybridized carbons (Fsp3) is 0.458. The third-order valence-electron chi connectivity index (χ3n) is 6.10. The lowest BCUT2D eigenvalue weighted by atomic mass is 9.93. The molecule has 1 saturated heterocycles. The van der Waals surface area contributed by atoms with Gasteiger partial charge in [0.1, 0.15) is 0 Å². The van der Waals surface area contributed by atoms with E-state index in [1.807, 2.05) is 12.1 Å². The standard InChI is InChI=1S/C24H30N2O5/c1-29-21-10-16(11-22(30-2)23(21)27)14-26-15-18-7-4-3-6-17(18)12-20(26)24(28)25-13-19-8-5-9-31-19/h3-4,6-7,10-11,19-20,27H,5,8-9,12-15H2,1-2H3,(H,25,28). The van der Waals surface area contributed by atoms with Gasteiger partial charge in [-0.3, -0.25) is 9.69 Å². The number of nitrogens with one attached hydrogen (secondary N) is 1. The summed E-state index contributed by atoms with van der Waals surface area (Å²) in [5.41, 5.74) is 3.34. The summed E-state index contributed by atoms with van der Waals surface area (Å²) >= 11 is 0. The molecule has 1 amide bonds. The zero-order valence-electron chi connectivity index (χ0n) is 18.1. The van der Waals surface area contributed by atoms with Gasteiger partial charge in [-0.25, -0.2) is 0 Å². The maximum absolute atomic E-state index is 13.2. The maximum Gasteiger partial charge on any atom is 0.237 e. The summed E-state index contributed by atoms with van der Waals surface area (Å²) in [6.07, 6.45) is 2.80. The predicted octanol–water partition coefficient (Wildman–Crippen LogP) is 2.63. The molecule has 7 heteroatoms. The van der Waals surface area contributed by atoms with Gasteiger partial charge in [0.25, 0.3) is 0 Å². The van der Waals surface area contributed by atoms with E-state index in [1.54, 1.807) is 12.1 Å². The summed E-state index contributed by atoms with van der Waals surface area (Å²) in [6, 6.07) is 11.6. The molecule has 2 atom stereocenters. The molecule has 2 aromatic rings. The maximum atomic E-state index is 13.2. The van der Waals surface area contributed by atoms with E-state index in [-0.39, 0.29) is 23.8 Å². The molecule has 1 fully saturated rings. The van der Waals surface area contributed by atoms with Crippen LogP contribution in [0, 0.1) is 0 Å². The van der Waals surface area contributed by atoms with Crippen LogP contribution in [0.15, 0.2) is 36.4 Å². The zero-order chi connectivity index (χ0) is 21.8. The van der Waals surface area contributed by atoms with E-state index in [9.17, 15) is 9.90 Å². The Hall–Kier alpha value is -2.77. The van der Waals surface area contributed by atoms with Crippen LogP contribution in [0.5, 0.6) is 17.2 Å². The summed E-state index contributed by atoms with van der Waals surface area (Å²) in [5, 5.41) is 13.3. The van der Waals surface area contributed by atoms with Crippen molar-refractivity contribution in [1.82, 2.24) is 10.2 Å². The van der Waals surface area contributed by atoms with E-state index in [0.29, 0.717) is 37.6 Å². The topological polar surface area (TPSA) is 80.3 Å². The molecule has 0 spiro atoms. The largest absolute Gasteiger partial charge is 0.502 e. The fourth-order valence-corrected chi connectivity index (χ4v) is 4.41. The molecule has 2 N–H and O–H groups in total. The highest BCUT2D eigenvalue weighted by molar-refractivity contribution is 5.82. The number of fused-ring (bicyclic) bond motifs is 1. The molecule has 0 aromatic heterocycles. The van der Waals surface area contributed by atoms with E-state index < -0.39 is 0 Å². The van der Waals surface area contributed by atoms with Gasteiger partial charge < -0.3 is 24.6 Å². The van der Waals surface area contributed by atoms with Gasteiger partial charge in [0.15, 0.2) is 11.5 Å².